The maximum Gasteiger partial charge on any atom is 0.252 e. The van der Waals surface area contributed by atoms with Crippen LogP contribution in [-0.2, 0) is 0 Å². The van der Waals surface area contributed by atoms with Gasteiger partial charge in [0.2, 0.25) is 0 Å². The molecule has 2 aromatic heterocycles. The number of rotatable bonds is 7. The molecule has 1 saturated heterocycles. The Balaban J connectivity index is 0.943. The average Bonchev–Trinajstić information content (AvgIpc) is 3.47. The minimum atomic E-state index is 0.0254. The van der Waals surface area contributed by atoms with Crippen molar-refractivity contribution in [3.8, 4) is 11.1 Å². The summed E-state index contributed by atoms with van der Waals surface area (Å²) >= 11 is 0. The Kier molecular flexibility index (Phi) is 7.49. The molecule has 0 spiro atoms. The van der Waals surface area contributed by atoms with E-state index in [2.05, 4.69) is 44.6 Å². The largest absolute Gasteiger partial charge is 0.364 e. The van der Waals surface area contributed by atoms with E-state index in [4.69, 9.17) is 4.52 Å². The standard InChI is InChI=1S/C32H36N4O2/c37-32(28-8-4-10-30-27(28)9-5-18-33-30)34-26-13-11-23(12-14-26)15-19-36-20-16-25(17-21-36)31-29(22-38-35-31)24-6-2-1-3-7-24/h1-10,18,22-23,25-26H,11-17,19-21H2,(H,34,37). The van der Waals surface area contributed by atoms with Gasteiger partial charge in [0.1, 0.15) is 6.26 Å². The lowest BCUT2D eigenvalue weighted by Gasteiger charge is -2.34. The maximum atomic E-state index is 13.0. The number of likely N-dealkylation sites (tertiary alicyclic amines) is 1. The molecule has 4 aromatic rings. The average molecular weight is 509 g/mol. The molecule has 0 atom stereocenters. The van der Waals surface area contributed by atoms with E-state index >= 15 is 0 Å². The van der Waals surface area contributed by atoms with E-state index in [1.165, 1.54) is 31.4 Å². The number of hydrogen-bond acceptors (Lipinski definition) is 5. The highest BCUT2D eigenvalue weighted by atomic mass is 16.5. The van der Waals surface area contributed by atoms with Crippen molar-refractivity contribution in [3.63, 3.8) is 0 Å². The molecule has 196 valence electrons. The lowest BCUT2D eigenvalue weighted by molar-refractivity contribution is 0.0921. The molecule has 0 bridgehead atoms. The third-order valence-electron chi connectivity index (χ3n) is 8.58. The van der Waals surface area contributed by atoms with Gasteiger partial charge in [-0.3, -0.25) is 9.78 Å². The molecule has 6 heteroatoms. The monoisotopic (exact) mass is 508 g/mol. The summed E-state index contributed by atoms with van der Waals surface area (Å²) in [6.45, 7) is 3.41. The number of hydrogen-bond donors (Lipinski definition) is 1. The first kappa shape index (κ1) is 24.8. The van der Waals surface area contributed by atoms with Crippen LogP contribution >= 0.6 is 0 Å². The van der Waals surface area contributed by atoms with Crippen LogP contribution in [0.2, 0.25) is 0 Å². The molecule has 6 nitrogen and oxygen atoms in total. The molecule has 0 unspecified atom stereocenters. The van der Waals surface area contributed by atoms with Crippen molar-refractivity contribution in [1.29, 1.82) is 0 Å². The van der Waals surface area contributed by atoms with E-state index in [1.54, 1.807) is 12.5 Å². The zero-order valence-corrected chi connectivity index (χ0v) is 21.9. The number of fused-ring (bicyclic) bond motifs is 1. The van der Waals surface area contributed by atoms with Crippen LogP contribution in [-0.4, -0.2) is 46.6 Å². The van der Waals surface area contributed by atoms with Gasteiger partial charge in [0, 0.05) is 34.7 Å². The van der Waals surface area contributed by atoms with Crippen molar-refractivity contribution in [2.75, 3.05) is 19.6 Å². The smallest absolute Gasteiger partial charge is 0.252 e. The normalized spacial score (nSPS) is 20.9. The fourth-order valence-electron chi connectivity index (χ4n) is 6.33. The van der Waals surface area contributed by atoms with Gasteiger partial charge in [0.15, 0.2) is 0 Å². The van der Waals surface area contributed by atoms with Crippen molar-refractivity contribution < 1.29 is 9.32 Å². The van der Waals surface area contributed by atoms with Gasteiger partial charge in [0.05, 0.1) is 11.2 Å². The van der Waals surface area contributed by atoms with E-state index in [9.17, 15) is 4.79 Å². The van der Waals surface area contributed by atoms with Gasteiger partial charge in [0.25, 0.3) is 5.91 Å². The second-order valence-electron chi connectivity index (χ2n) is 11.0. The molecule has 1 saturated carbocycles. The summed E-state index contributed by atoms with van der Waals surface area (Å²) in [6, 6.07) is 20.3. The highest BCUT2D eigenvalue weighted by Crippen LogP contribution is 2.35. The molecule has 3 heterocycles. The Morgan fingerprint density at radius 1 is 0.921 bits per heavy atom. The first-order chi connectivity index (χ1) is 18.7. The van der Waals surface area contributed by atoms with E-state index < -0.39 is 0 Å². The molecule has 6 rings (SSSR count). The molecule has 1 amide bonds. The fraction of sp³-hybridized carbons (Fsp3) is 0.406. The van der Waals surface area contributed by atoms with E-state index in [0.717, 1.165) is 72.4 Å². The number of carbonyl (C=O) groups excluding carboxylic acids is 1. The van der Waals surface area contributed by atoms with Crippen molar-refractivity contribution >= 4 is 16.8 Å². The Morgan fingerprint density at radius 2 is 1.74 bits per heavy atom. The van der Waals surface area contributed by atoms with Crippen LogP contribution in [0.25, 0.3) is 22.0 Å². The molecule has 1 N–H and O–H groups in total. The van der Waals surface area contributed by atoms with Gasteiger partial charge in [-0.15, -0.1) is 0 Å². The van der Waals surface area contributed by atoms with Crippen LogP contribution in [0.3, 0.4) is 0 Å². The van der Waals surface area contributed by atoms with Crippen LogP contribution in [0.15, 0.2) is 77.6 Å². The predicted molar refractivity (Wildman–Crippen MR) is 150 cm³/mol. The molecule has 2 fully saturated rings. The summed E-state index contributed by atoms with van der Waals surface area (Å²) < 4.78 is 5.39. The topological polar surface area (TPSA) is 71.3 Å². The predicted octanol–water partition coefficient (Wildman–Crippen LogP) is 6.45. The first-order valence-corrected chi connectivity index (χ1v) is 14.1. The third-order valence-corrected chi connectivity index (χ3v) is 8.58. The van der Waals surface area contributed by atoms with E-state index in [0.29, 0.717) is 5.92 Å². The third kappa shape index (κ3) is 5.51. The van der Waals surface area contributed by atoms with E-state index in [1.807, 2.05) is 36.4 Å². The summed E-state index contributed by atoms with van der Waals surface area (Å²) in [5.41, 5.74) is 5.04. The van der Waals surface area contributed by atoms with Gasteiger partial charge in [-0.25, -0.2) is 0 Å². The maximum absolute atomic E-state index is 13.0. The molecule has 2 aromatic carbocycles. The van der Waals surface area contributed by atoms with Crippen molar-refractivity contribution in [1.82, 2.24) is 20.4 Å². The first-order valence-electron chi connectivity index (χ1n) is 14.1. The quantitative estimate of drug-likeness (QED) is 0.311. The van der Waals surface area contributed by atoms with Crippen LogP contribution in [0.1, 0.15) is 66.9 Å². The summed E-state index contributed by atoms with van der Waals surface area (Å²) in [6.07, 6.45) is 11.6. The molecule has 1 aliphatic heterocycles. The Morgan fingerprint density at radius 3 is 2.55 bits per heavy atom. The number of pyridine rings is 1. The number of piperidine rings is 1. The second-order valence-corrected chi connectivity index (χ2v) is 11.0. The van der Waals surface area contributed by atoms with Crippen molar-refractivity contribution in [2.24, 2.45) is 5.92 Å². The fourth-order valence-corrected chi connectivity index (χ4v) is 6.33. The molecule has 38 heavy (non-hydrogen) atoms. The highest BCUT2D eigenvalue weighted by Gasteiger charge is 2.27. The van der Waals surface area contributed by atoms with Crippen molar-refractivity contribution in [3.05, 3.63) is 84.4 Å². The number of nitrogens with one attached hydrogen (secondary N) is 1. The Labute approximate surface area is 224 Å². The zero-order valence-electron chi connectivity index (χ0n) is 21.9. The second kappa shape index (κ2) is 11.5. The molecular weight excluding hydrogens is 472 g/mol. The van der Waals surface area contributed by atoms with Gasteiger partial charge in [-0.1, -0.05) is 47.6 Å². The summed E-state index contributed by atoms with van der Waals surface area (Å²) in [5.74, 6) is 1.25. The number of nitrogens with zero attached hydrogens (tertiary/aromatic N) is 3. The number of carbonyl (C=O) groups is 1. The Bertz CT molecular complexity index is 1350. The summed E-state index contributed by atoms with van der Waals surface area (Å²) in [7, 11) is 0. The van der Waals surface area contributed by atoms with Crippen LogP contribution < -0.4 is 5.32 Å². The van der Waals surface area contributed by atoms with Gasteiger partial charge in [-0.05, 0) is 94.3 Å². The van der Waals surface area contributed by atoms with Crippen LogP contribution in [0, 0.1) is 5.92 Å². The van der Waals surface area contributed by atoms with Crippen molar-refractivity contribution in [2.45, 2.75) is 56.9 Å². The lowest BCUT2D eigenvalue weighted by Crippen LogP contribution is -2.38. The number of amides is 1. The molecule has 2 aliphatic rings. The van der Waals surface area contributed by atoms with E-state index in [-0.39, 0.29) is 11.9 Å². The molecular formula is C32H36N4O2. The summed E-state index contributed by atoms with van der Waals surface area (Å²) in [5, 5.41) is 8.61. The highest BCUT2D eigenvalue weighted by molar-refractivity contribution is 6.06. The van der Waals surface area contributed by atoms with Gasteiger partial charge < -0.3 is 14.7 Å². The minimum absolute atomic E-state index is 0.0254. The number of benzene rings is 2. The Hall–Kier alpha value is -3.51. The number of aromatic nitrogens is 2. The minimum Gasteiger partial charge on any atom is -0.364 e. The van der Waals surface area contributed by atoms with Crippen LogP contribution in [0.5, 0.6) is 0 Å². The lowest BCUT2D eigenvalue weighted by atomic mass is 9.83. The molecule has 1 aliphatic carbocycles. The SMILES string of the molecule is O=C(NC1CCC(CCN2CCC(c3nocc3-c3ccccc3)CC2)CC1)c1cccc2ncccc12. The van der Waals surface area contributed by atoms with Gasteiger partial charge in [-0.2, -0.15) is 0 Å². The van der Waals surface area contributed by atoms with Gasteiger partial charge >= 0.3 is 0 Å². The van der Waals surface area contributed by atoms with Crippen LogP contribution in [0.4, 0.5) is 0 Å². The summed E-state index contributed by atoms with van der Waals surface area (Å²) in [4.78, 5) is 20.0. The molecule has 0 radical (unpaired) electrons. The zero-order chi connectivity index (χ0) is 25.7.